The molecule has 2 N–H and O–H groups in total. The zero-order valence-corrected chi connectivity index (χ0v) is 13.5. The van der Waals surface area contributed by atoms with Gasteiger partial charge in [-0.25, -0.2) is 0 Å². The van der Waals surface area contributed by atoms with Crippen LogP contribution in [0, 0.1) is 11.3 Å². The van der Waals surface area contributed by atoms with Gasteiger partial charge < -0.3 is 15.2 Å². The van der Waals surface area contributed by atoms with E-state index in [1.54, 1.807) is 7.11 Å². The summed E-state index contributed by atoms with van der Waals surface area (Å²) in [5.74, 6) is 0.708. The summed E-state index contributed by atoms with van der Waals surface area (Å²) < 4.78 is 5.06. The first-order valence-electron chi connectivity index (χ1n) is 7.71. The third-order valence-corrected chi connectivity index (χ3v) is 4.47. The maximum absolute atomic E-state index is 10.3. The molecule has 0 bridgehead atoms. The van der Waals surface area contributed by atoms with Gasteiger partial charge in [-0.1, -0.05) is 33.6 Å². The normalized spacial score (nSPS) is 28.1. The van der Waals surface area contributed by atoms with Gasteiger partial charge in [-0.2, -0.15) is 0 Å². The van der Waals surface area contributed by atoms with E-state index < -0.39 is 5.60 Å². The molecule has 0 aromatic heterocycles. The first kappa shape index (κ1) is 16.9. The lowest BCUT2D eigenvalue weighted by Crippen LogP contribution is -2.49. The minimum Gasteiger partial charge on any atom is -0.389 e. The molecule has 1 saturated carbocycles. The predicted molar refractivity (Wildman–Crippen MR) is 80.3 cm³/mol. The molecule has 0 aromatic rings. The first-order valence-corrected chi connectivity index (χ1v) is 7.71. The minimum absolute atomic E-state index is 0.344. The lowest BCUT2D eigenvalue weighted by molar-refractivity contribution is 0.0153. The largest absolute Gasteiger partial charge is 0.389 e. The van der Waals surface area contributed by atoms with Crippen LogP contribution in [0.4, 0.5) is 0 Å². The maximum Gasteiger partial charge on any atom is 0.0765 e. The fraction of sp³-hybridized carbons (Fsp3) is 1.00. The van der Waals surface area contributed by atoms with Crippen LogP contribution in [0.2, 0.25) is 0 Å². The molecule has 3 atom stereocenters. The molecule has 0 aromatic carbocycles. The quantitative estimate of drug-likeness (QED) is 0.780. The molecule has 1 rings (SSSR count). The minimum atomic E-state index is -0.671. The van der Waals surface area contributed by atoms with Gasteiger partial charge in [-0.15, -0.1) is 0 Å². The van der Waals surface area contributed by atoms with Gasteiger partial charge in [-0.3, -0.25) is 0 Å². The summed E-state index contributed by atoms with van der Waals surface area (Å²) >= 11 is 0. The number of nitrogens with one attached hydrogen (secondary N) is 1. The van der Waals surface area contributed by atoms with Gasteiger partial charge >= 0.3 is 0 Å². The topological polar surface area (TPSA) is 41.5 Å². The number of hydrogen-bond acceptors (Lipinski definition) is 3. The number of rotatable bonds is 6. The molecule has 0 spiro atoms. The Bertz CT molecular complexity index is 258. The Morgan fingerprint density at radius 2 is 1.79 bits per heavy atom. The van der Waals surface area contributed by atoms with Crippen molar-refractivity contribution in [1.82, 2.24) is 5.32 Å². The Morgan fingerprint density at radius 1 is 1.16 bits per heavy atom. The van der Waals surface area contributed by atoms with Crippen molar-refractivity contribution in [1.29, 1.82) is 0 Å². The molecule has 3 nitrogen and oxygen atoms in total. The highest BCUT2D eigenvalue weighted by molar-refractivity contribution is 4.90. The van der Waals surface area contributed by atoms with Crippen LogP contribution >= 0.6 is 0 Å². The second-order valence-electron chi connectivity index (χ2n) is 7.48. The molecule has 3 heteroatoms. The summed E-state index contributed by atoms with van der Waals surface area (Å²) in [7, 11) is 1.68. The summed E-state index contributed by atoms with van der Waals surface area (Å²) in [4.78, 5) is 0. The molecule has 0 amide bonds. The van der Waals surface area contributed by atoms with Crippen LogP contribution in [0.15, 0.2) is 0 Å². The van der Waals surface area contributed by atoms with Gasteiger partial charge in [0.15, 0.2) is 0 Å². The molecular formula is C16H33NO2. The monoisotopic (exact) mass is 271 g/mol. The average molecular weight is 271 g/mol. The van der Waals surface area contributed by atoms with Crippen LogP contribution in [-0.2, 0) is 4.74 Å². The Hall–Kier alpha value is -0.120. The van der Waals surface area contributed by atoms with Gasteiger partial charge in [0, 0.05) is 32.7 Å². The van der Waals surface area contributed by atoms with Crippen LogP contribution in [0.3, 0.4) is 0 Å². The number of aliphatic hydroxyl groups is 1. The Balaban J connectivity index is 2.49. The molecule has 1 aliphatic carbocycles. The van der Waals surface area contributed by atoms with Crippen LogP contribution in [-0.4, -0.2) is 37.0 Å². The lowest BCUT2D eigenvalue weighted by Gasteiger charge is -2.42. The highest BCUT2D eigenvalue weighted by atomic mass is 16.5. The molecule has 0 radical (unpaired) electrons. The van der Waals surface area contributed by atoms with Crippen LogP contribution in [0.1, 0.15) is 59.8 Å². The van der Waals surface area contributed by atoms with Gasteiger partial charge in [0.05, 0.1) is 5.60 Å². The number of ether oxygens (including phenoxy) is 1. The van der Waals surface area contributed by atoms with Crippen LogP contribution < -0.4 is 5.32 Å². The molecular weight excluding hydrogens is 238 g/mol. The van der Waals surface area contributed by atoms with E-state index in [1.807, 2.05) is 6.92 Å². The van der Waals surface area contributed by atoms with Gasteiger partial charge in [0.25, 0.3) is 0 Å². The van der Waals surface area contributed by atoms with Crippen LogP contribution in [0.25, 0.3) is 0 Å². The van der Waals surface area contributed by atoms with E-state index in [9.17, 15) is 5.11 Å². The van der Waals surface area contributed by atoms with Crippen molar-refractivity contribution in [2.24, 2.45) is 11.3 Å². The molecule has 3 unspecified atom stereocenters. The first-order chi connectivity index (χ1) is 8.76. The van der Waals surface area contributed by atoms with E-state index in [2.05, 4.69) is 26.1 Å². The highest BCUT2D eigenvalue weighted by Crippen LogP contribution is 2.38. The number of hydrogen-bond donors (Lipinski definition) is 2. The molecule has 0 aliphatic heterocycles. The third kappa shape index (κ3) is 5.80. The van der Waals surface area contributed by atoms with Crippen molar-refractivity contribution in [3.05, 3.63) is 0 Å². The van der Waals surface area contributed by atoms with Gasteiger partial charge in [-0.05, 0) is 31.1 Å². The standard InChI is InChI=1S/C16H33NO2/c1-15(2,3)13-8-6-7-9-14(13)17-12-16(4,18)10-11-19-5/h13-14,17-18H,6-12H2,1-5H3. The van der Waals surface area contributed by atoms with E-state index in [1.165, 1.54) is 25.7 Å². The Labute approximate surface area is 119 Å². The van der Waals surface area contributed by atoms with Crippen molar-refractivity contribution in [3.63, 3.8) is 0 Å². The van der Waals surface area contributed by atoms with E-state index >= 15 is 0 Å². The van der Waals surface area contributed by atoms with Crippen LogP contribution in [0.5, 0.6) is 0 Å². The smallest absolute Gasteiger partial charge is 0.0765 e. The zero-order chi connectivity index (χ0) is 14.5. The van der Waals surface area contributed by atoms with E-state index in [0.717, 1.165) is 0 Å². The zero-order valence-electron chi connectivity index (χ0n) is 13.5. The van der Waals surface area contributed by atoms with Crippen molar-refractivity contribution in [2.75, 3.05) is 20.3 Å². The van der Waals surface area contributed by atoms with Crippen molar-refractivity contribution in [2.45, 2.75) is 71.4 Å². The molecule has 0 saturated heterocycles. The summed E-state index contributed by atoms with van der Waals surface area (Å²) in [6, 6.07) is 0.544. The molecule has 19 heavy (non-hydrogen) atoms. The highest BCUT2D eigenvalue weighted by Gasteiger charge is 2.34. The molecule has 1 aliphatic rings. The second-order valence-corrected chi connectivity index (χ2v) is 7.48. The lowest BCUT2D eigenvalue weighted by atomic mass is 9.69. The maximum atomic E-state index is 10.3. The molecule has 114 valence electrons. The molecule has 1 fully saturated rings. The number of methoxy groups -OCH3 is 1. The average Bonchev–Trinajstić information content (AvgIpc) is 2.33. The fourth-order valence-corrected chi connectivity index (χ4v) is 3.17. The van der Waals surface area contributed by atoms with E-state index in [-0.39, 0.29) is 0 Å². The fourth-order valence-electron chi connectivity index (χ4n) is 3.17. The summed E-state index contributed by atoms with van der Waals surface area (Å²) in [6.45, 7) is 10.2. The summed E-state index contributed by atoms with van der Waals surface area (Å²) in [5, 5.41) is 13.9. The van der Waals surface area contributed by atoms with E-state index in [4.69, 9.17) is 4.74 Å². The summed E-state index contributed by atoms with van der Waals surface area (Å²) in [6.07, 6.45) is 5.89. The van der Waals surface area contributed by atoms with Crippen molar-refractivity contribution in [3.8, 4) is 0 Å². The van der Waals surface area contributed by atoms with Gasteiger partial charge in [0.1, 0.15) is 0 Å². The Morgan fingerprint density at radius 3 is 2.37 bits per heavy atom. The van der Waals surface area contributed by atoms with Crippen molar-refractivity contribution < 1.29 is 9.84 Å². The SMILES string of the molecule is COCCC(C)(O)CNC1CCCCC1C(C)(C)C. The predicted octanol–water partition coefficient (Wildman–Crippen LogP) is 2.97. The second kappa shape index (κ2) is 7.05. The van der Waals surface area contributed by atoms with Crippen molar-refractivity contribution >= 4 is 0 Å². The van der Waals surface area contributed by atoms with E-state index in [0.29, 0.717) is 36.9 Å². The van der Waals surface area contributed by atoms with Gasteiger partial charge in [0.2, 0.25) is 0 Å². The Kier molecular flexibility index (Phi) is 6.28. The molecule has 0 heterocycles. The summed E-state index contributed by atoms with van der Waals surface area (Å²) in [5.41, 5.74) is -0.327. The third-order valence-electron chi connectivity index (χ3n) is 4.47.